The fourth-order valence-corrected chi connectivity index (χ4v) is 4.10. The monoisotopic (exact) mass is 479 g/mol. The zero-order valence-electron chi connectivity index (χ0n) is 18.6. The summed E-state index contributed by atoms with van der Waals surface area (Å²) >= 11 is 5.92. The Labute approximate surface area is 195 Å². The summed E-state index contributed by atoms with van der Waals surface area (Å²) in [5, 5.41) is 3.30. The Hall–Kier alpha value is -2.58. The molecule has 0 spiro atoms. The number of halogens is 1. The van der Waals surface area contributed by atoms with Gasteiger partial charge in [-0.25, -0.2) is 8.42 Å². The van der Waals surface area contributed by atoms with Crippen LogP contribution < -0.4 is 9.62 Å². The van der Waals surface area contributed by atoms with Crippen molar-refractivity contribution in [1.29, 1.82) is 0 Å². The molecule has 0 saturated heterocycles. The summed E-state index contributed by atoms with van der Waals surface area (Å²) in [6.45, 7) is 3.94. The van der Waals surface area contributed by atoms with Crippen LogP contribution in [0.2, 0.25) is 5.02 Å². The van der Waals surface area contributed by atoms with E-state index in [9.17, 15) is 18.0 Å². The molecule has 2 aromatic rings. The van der Waals surface area contributed by atoms with Crippen LogP contribution in [0.3, 0.4) is 0 Å². The molecule has 0 aliphatic carbocycles. The minimum absolute atomic E-state index is 0.181. The van der Waals surface area contributed by atoms with Gasteiger partial charge in [-0.1, -0.05) is 55.3 Å². The first-order valence-corrected chi connectivity index (χ1v) is 12.7. The number of sulfonamides is 1. The second-order valence-electron chi connectivity index (χ2n) is 7.57. The number of anilines is 1. The molecular formula is C23H30ClN3O4S. The molecule has 2 amide bonds. The van der Waals surface area contributed by atoms with Gasteiger partial charge >= 0.3 is 0 Å². The largest absolute Gasteiger partial charge is 0.354 e. The van der Waals surface area contributed by atoms with E-state index in [1.165, 1.54) is 4.90 Å². The molecule has 2 rings (SSSR count). The molecule has 0 aliphatic rings. The van der Waals surface area contributed by atoms with Gasteiger partial charge in [0.05, 0.1) is 11.9 Å². The van der Waals surface area contributed by atoms with Crippen LogP contribution in [0, 0.1) is 0 Å². The molecular weight excluding hydrogens is 450 g/mol. The third-order valence-electron chi connectivity index (χ3n) is 4.99. The number of amides is 2. The van der Waals surface area contributed by atoms with Crippen LogP contribution in [0.4, 0.5) is 5.69 Å². The Morgan fingerprint density at radius 3 is 2.25 bits per heavy atom. The normalized spacial score (nSPS) is 12.1. The summed E-state index contributed by atoms with van der Waals surface area (Å²) in [6, 6.07) is 14.7. The van der Waals surface area contributed by atoms with Gasteiger partial charge in [0.15, 0.2) is 0 Å². The number of hydrogen-bond donors (Lipinski definition) is 1. The van der Waals surface area contributed by atoms with Gasteiger partial charge in [-0.3, -0.25) is 13.9 Å². The van der Waals surface area contributed by atoms with Crippen molar-refractivity contribution < 1.29 is 18.0 Å². The van der Waals surface area contributed by atoms with E-state index in [2.05, 4.69) is 5.32 Å². The van der Waals surface area contributed by atoms with Gasteiger partial charge in [-0.05, 0) is 43.2 Å². The van der Waals surface area contributed by atoms with Crippen molar-refractivity contribution in [2.45, 2.75) is 39.3 Å². The van der Waals surface area contributed by atoms with E-state index in [-0.39, 0.29) is 12.5 Å². The SMILES string of the molecule is CCCCNC(=O)[C@H](C)N(Cc1ccccc1)C(=O)CN(c1ccc(Cl)cc1)S(C)(=O)=O. The number of nitrogens with one attached hydrogen (secondary N) is 1. The number of carbonyl (C=O) groups excluding carboxylic acids is 2. The lowest BCUT2D eigenvalue weighted by molar-refractivity contribution is -0.139. The quantitative estimate of drug-likeness (QED) is 0.500. The molecule has 0 heterocycles. The smallest absolute Gasteiger partial charge is 0.244 e. The van der Waals surface area contributed by atoms with Crippen LogP contribution in [0.5, 0.6) is 0 Å². The Morgan fingerprint density at radius 1 is 1.06 bits per heavy atom. The van der Waals surface area contributed by atoms with Crippen LogP contribution in [0.15, 0.2) is 54.6 Å². The molecule has 0 saturated carbocycles. The third kappa shape index (κ3) is 7.53. The summed E-state index contributed by atoms with van der Waals surface area (Å²) in [5.41, 5.74) is 1.16. The predicted molar refractivity (Wildman–Crippen MR) is 128 cm³/mol. The molecule has 0 radical (unpaired) electrons. The summed E-state index contributed by atoms with van der Waals surface area (Å²) < 4.78 is 25.9. The highest BCUT2D eigenvalue weighted by atomic mass is 35.5. The van der Waals surface area contributed by atoms with Crippen molar-refractivity contribution in [2.75, 3.05) is 23.7 Å². The highest BCUT2D eigenvalue weighted by Gasteiger charge is 2.29. The van der Waals surface area contributed by atoms with Gasteiger partial charge in [0.1, 0.15) is 12.6 Å². The fraction of sp³-hybridized carbons (Fsp3) is 0.391. The first-order chi connectivity index (χ1) is 15.1. The molecule has 0 aliphatic heterocycles. The lowest BCUT2D eigenvalue weighted by Gasteiger charge is -2.31. The van der Waals surface area contributed by atoms with E-state index in [1.807, 2.05) is 37.3 Å². The maximum atomic E-state index is 13.3. The van der Waals surface area contributed by atoms with Crippen molar-refractivity contribution in [3.8, 4) is 0 Å². The van der Waals surface area contributed by atoms with Crippen LogP contribution >= 0.6 is 11.6 Å². The van der Waals surface area contributed by atoms with E-state index < -0.39 is 28.5 Å². The first-order valence-electron chi connectivity index (χ1n) is 10.5. The summed E-state index contributed by atoms with van der Waals surface area (Å²) in [6.07, 6.45) is 2.81. The zero-order chi connectivity index (χ0) is 23.7. The number of nitrogens with zero attached hydrogens (tertiary/aromatic N) is 2. The van der Waals surface area contributed by atoms with Crippen molar-refractivity contribution in [3.63, 3.8) is 0 Å². The number of hydrogen-bond acceptors (Lipinski definition) is 4. The van der Waals surface area contributed by atoms with Gasteiger partial charge in [0, 0.05) is 18.1 Å². The molecule has 0 fully saturated rings. The summed E-state index contributed by atoms with van der Waals surface area (Å²) in [4.78, 5) is 27.4. The molecule has 0 unspecified atom stereocenters. The predicted octanol–water partition coefficient (Wildman–Crippen LogP) is 3.44. The lowest BCUT2D eigenvalue weighted by Crippen LogP contribution is -2.51. The second kappa shape index (κ2) is 11.9. The van der Waals surface area contributed by atoms with Crippen LogP contribution in [0.1, 0.15) is 32.3 Å². The van der Waals surface area contributed by atoms with E-state index in [0.717, 1.165) is 29.0 Å². The molecule has 0 aromatic heterocycles. The Balaban J connectivity index is 2.30. The van der Waals surface area contributed by atoms with Gasteiger partial charge in [0.25, 0.3) is 0 Å². The number of carbonyl (C=O) groups is 2. The molecule has 7 nitrogen and oxygen atoms in total. The Bertz CT molecular complexity index is 998. The minimum atomic E-state index is -3.75. The van der Waals surface area contributed by atoms with E-state index >= 15 is 0 Å². The van der Waals surface area contributed by atoms with Crippen LogP contribution in [0.25, 0.3) is 0 Å². The maximum absolute atomic E-state index is 13.3. The van der Waals surface area contributed by atoms with E-state index in [0.29, 0.717) is 17.3 Å². The molecule has 32 heavy (non-hydrogen) atoms. The lowest BCUT2D eigenvalue weighted by atomic mass is 10.1. The first kappa shape index (κ1) is 25.7. The molecule has 2 aromatic carbocycles. The van der Waals surface area contributed by atoms with Crippen molar-refractivity contribution in [2.24, 2.45) is 0 Å². The van der Waals surface area contributed by atoms with Crippen molar-refractivity contribution >= 4 is 39.1 Å². The summed E-state index contributed by atoms with van der Waals surface area (Å²) in [7, 11) is -3.75. The van der Waals surface area contributed by atoms with E-state index in [4.69, 9.17) is 11.6 Å². The third-order valence-corrected chi connectivity index (χ3v) is 6.38. The fourth-order valence-electron chi connectivity index (χ4n) is 3.12. The molecule has 1 N–H and O–H groups in total. The van der Waals surface area contributed by atoms with Crippen LogP contribution in [-0.4, -0.2) is 50.5 Å². The highest BCUT2D eigenvalue weighted by molar-refractivity contribution is 7.92. The van der Waals surface area contributed by atoms with Gasteiger partial charge in [-0.2, -0.15) is 0 Å². The standard InChI is InChI=1S/C23H30ClN3O4S/c1-4-5-15-25-23(29)18(2)26(16-19-9-7-6-8-10-19)22(28)17-27(32(3,30)31)21-13-11-20(24)12-14-21/h6-14,18H,4-5,15-17H2,1-3H3,(H,25,29)/t18-/m0/s1. The average Bonchev–Trinajstić information content (AvgIpc) is 2.76. The average molecular weight is 480 g/mol. The van der Waals surface area contributed by atoms with Gasteiger partial charge in [0.2, 0.25) is 21.8 Å². The molecule has 9 heteroatoms. The number of unbranched alkanes of at least 4 members (excludes halogenated alkanes) is 1. The zero-order valence-corrected chi connectivity index (χ0v) is 20.2. The minimum Gasteiger partial charge on any atom is -0.354 e. The maximum Gasteiger partial charge on any atom is 0.244 e. The van der Waals surface area contributed by atoms with Crippen molar-refractivity contribution in [3.05, 3.63) is 65.2 Å². The van der Waals surface area contributed by atoms with Gasteiger partial charge in [-0.15, -0.1) is 0 Å². The van der Waals surface area contributed by atoms with E-state index in [1.54, 1.807) is 31.2 Å². The highest BCUT2D eigenvalue weighted by Crippen LogP contribution is 2.21. The molecule has 174 valence electrons. The Morgan fingerprint density at radius 2 is 1.69 bits per heavy atom. The molecule has 1 atom stereocenters. The van der Waals surface area contributed by atoms with Crippen molar-refractivity contribution in [1.82, 2.24) is 10.2 Å². The molecule has 0 bridgehead atoms. The second-order valence-corrected chi connectivity index (χ2v) is 9.92. The van der Waals surface area contributed by atoms with Crippen LogP contribution in [-0.2, 0) is 26.2 Å². The number of benzene rings is 2. The van der Waals surface area contributed by atoms with Gasteiger partial charge < -0.3 is 10.2 Å². The topological polar surface area (TPSA) is 86.8 Å². The number of rotatable bonds is 11. The Kier molecular flexibility index (Phi) is 9.53. The summed E-state index contributed by atoms with van der Waals surface area (Å²) in [5.74, 6) is -0.757.